The number of esters is 1. The predicted octanol–water partition coefficient (Wildman–Crippen LogP) is 2.47. The summed E-state index contributed by atoms with van der Waals surface area (Å²) < 4.78 is 32.1. The molecule has 1 heterocycles. The normalized spacial score (nSPS) is 11.3. The zero-order valence-electron chi connectivity index (χ0n) is 19.1. The second-order valence-corrected chi connectivity index (χ2v) is 9.85. The average molecular weight is 476 g/mol. The van der Waals surface area contributed by atoms with Crippen LogP contribution in [-0.2, 0) is 26.0 Å². The van der Waals surface area contributed by atoms with E-state index >= 15 is 0 Å². The summed E-state index contributed by atoms with van der Waals surface area (Å²) in [6.07, 6.45) is 1.80. The molecule has 33 heavy (non-hydrogen) atoms. The molecule has 9 nitrogen and oxygen atoms in total. The van der Waals surface area contributed by atoms with Crippen LogP contribution in [0.5, 0.6) is 0 Å². The maximum absolute atomic E-state index is 12.5. The molecule has 2 aromatic rings. The van der Waals surface area contributed by atoms with Gasteiger partial charge in [-0.3, -0.25) is 9.59 Å². The molecule has 0 saturated carbocycles. The van der Waals surface area contributed by atoms with E-state index in [2.05, 4.69) is 10.3 Å². The van der Waals surface area contributed by atoms with Crippen molar-refractivity contribution in [1.29, 1.82) is 0 Å². The standard InChI is InChI=1S/C23H29N3O6S/c1-15(2)13-21(27)24-12-11-17-5-8-19(9-6-17)33(30,31)26-22(28)18-7-10-20(25-14-18)23(29)32-16(3)4/h5-10,14-16H,11-13H2,1-4H3,(H,24,27)(H,26,28). The lowest BCUT2D eigenvalue weighted by Crippen LogP contribution is -2.30. The molecule has 0 unspecified atom stereocenters. The van der Waals surface area contributed by atoms with Crippen LogP contribution in [0.4, 0.5) is 0 Å². The maximum atomic E-state index is 12.5. The number of benzene rings is 1. The Bertz CT molecular complexity index is 1080. The number of nitrogens with one attached hydrogen (secondary N) is 2. The lowest BCUT2D eigenvalue weighted by atomic mass is 10.1. The molecule has 1 aromatic heterocycles. The van der Waals surface area contributed by atoms with Crippen LogP contribution >= 0.6 is 0 Å². The van der Waals surface area contributed by atoms with E-state index in [1.54, 1.807) is 26.0 Å². The first kappa shape index (κ1) is 26.0. The number of hydrogen-bond donors (Lipinski definition) is 2. The summed E-state index contributed by atoms with van der Waals surface area (Å²) in [7, 11) is -4.10. The van der Waals surface area contributed by atoms with E-state index in [1.807, 2.05) is 18.6 Å². The summed E-state index contributed by atoms with van der Waals surface area (Å²) in [5, 5.41) is 2.82. The minimum absolute atomic E-state index is 0.0130. The first-order valence-corrected chi connectivity index (χ1v) is 12.1. The third-order valence-corrected chi connectivity index (χ3v) is 5.71. The van der Waals surface area contributed by atoms with Crippen molar-refractivity contribution >= 4 is 27.8 Å². The SMILES string of the molecule is CC(C)CC(=O)NCCc1ccc(S(=O)(=O)NC(=O)c2ccc(C(=O)OC(C)C)nc2)cc1. The van der Waals surface area contributed by atoms with Gasteiger partial charge in [0.05, 0.1) is 16.6 Å². The van der Waals surface area contributed by atoms with Gasteiger partial charge < -0.3 is 10.1 Å². The van der Waals surface area contributed by atoms with Gasteiger partial charge in [0.2, 0.25) is 5.91 Å². The number of ether oxygens (including phenoxy) is 1. The Labute approximate surface area is 194 Å². The molecule has 0 aliphatic rings. The molecule has 0 fully saturated rings. The molecular formula is C23H29N3O6S. The Morgan fingerprint density at radius 3 is 2.21 bits per heavy atom. The number of carbonyl (C=O) groups is 3. The summed E-state index contributed by atoms with van der Waals surface area (Å²) in [5.41, 5.74) is 0.839. The lowest BCUT2D eigenvalue weighted by molar-refractivity contribution is -0.121. The van der Waals surface area contributed by atoms with Crippen molar-refractivity contribution in [3.05, 3.63) is 59.4 Å². The van der Waals surface area contributed by atoms with E-state index in [0.29, 0.717) is 19.4 Å². The summed E-state index contributed by atoms with van der Waals surface area (Å²) in [6.45, 7) is 7.77. The molecule has 0 saturated heterocycles. The molecule has 0 aliphatic carbocycles. The summed E-state index contributed by atoms with van der Waals surface area (Å²) in [4.78, 5) is 39.6. The highest BCUT2D eigenvalue weighted by Crippen LogP contribution is 2.12. The number of amides is 2. The number of rotatable bonds is 10. The third kappa shape index (κ3) is 8.30. The molecule has 0 aliphatic heterocycles. The highest BCUT2D eigenvalue weighted by atomic mass is 32.2. The summed E-state index contributed by atoms with van der Waals surface area (Å²) >= 11 is 0. The number of pyridine rings is 1. The van der Waals surface area contributed by atoms with E-state index < -0.39 is 21.9 Å². The maximum Gasteiger partial charge on any atom is 0.357 e. The van der Waals surface area contributed by atoms with Crippen LogP contribution in [0.15, 0.2) is 47.5 Å². The zero-order chi connectivity index (χ0) is 24.6. The zero-order valence-corrected chi connectivity index (χ0v) is 19.9. The highest BCUT2D eigenvalue weighted by molar-refractivity contribution is 7.90. The summed E-state index contributed by atoms with van der Waals surface area (Å²) in [6, 6.07) is 8.63. The van der Waals surface area contributed by atoms with Crippen LogP contribution in [0.3, 0.4) is 0 Å². The van der Waals surface area contributed by atoms with Crippen molar-refractivity contribution in [3.63, 3.8) is 0 Å². The van der Waals surface area contributed by atoms with Gasteiger partial charge in [0, 0.05) is 19.2 Å². The van der Waals surface area contributed by atoms with Crippen molar-refractivity contribution in [3.8, 4) is 0 Å². The topological polar surface area (TPSA) is 132 Å². The van der Waals surface area contributed by atoms with Gasteiger partial charge in [-0.25, -0.2) is 22.9 Å². The van der Waals surface area contributed by atoms with Crippen LogP contribution in [0.25, 0.3) is 0 Å². The minimum Gasteiger partial charge on any atom is -0.458 e. The third-order valence-electron chi connectivity index (χ3n) is 4.37. The van der Waals surface area contributed by atoms with Crippen molar-refractivity contribution in [2.75, 3.05) is 6.54 Å². The van der Waals surface area contributed by atoms with Crippen LogP contribution in [0, 0.1) is 5.92 Å². The number of carbonyl (C=O) groups excluding carboxylic acids is 3. The quantitative estimate of drug-likeness (QED) is 0.505. The minimum atomic E-state index is -4.10. The van der Waals surface area contributed by atoms with Gasteiger partial charge in [-0.1, -0.05) is 26.0 Å². The van der Waals surface area contributed by atoms with Crippen molar-refractivity contribution in [2.45, 2.75) is 51.5 Å². The molecule has 10 heteroatoms. The molecule has 1 aromatic carbocycles. The van der Waals surface area contributed by atoms with Crippen LogP contribution in [0.2, 0.25) is 0 Å². The van der Waals surface area contributed by atoms with Gasteiger partial charge in [0.1, 0.15) is 5.69 Å². The second kappa shape index (κ2) is 11.6. The lowest BCUT2D eigenvalue weighted by Gasteiger charge is -2.10. The smallest absolute Gasteiger partial charge is 0.357 e. The van der Waals surface area contributed by atoms with Crippen LogP contribution < -0.4 is 10.0 Å². The monoisotopic (exact) mass is 475 g/mol. The number of nitrogens with zero attached hydrogens (tertiary/aromatic N) is 1. The fraction of sp³-hybridized carbons (Fsp3) is 0.391. The molecule has 2 amide bonds. The Hall–Kier alpha value is -3.27. The van der Waals surface area contributed by atoms with Gasteiger partial charge in [-0.2, -0.15) is 0 Å². The van der Waals surface area contributed by atoms with Gasteiger partial charge in [-0.15, -0.1) is 0 Å². The first-order valence-electron chi connectivity index (χ1n) is 10.6. The van der Waals surface area contributed by atoms with E-state index in [0.717, 1.165) is 11.8 Å². The van der Waals surface area contributed by atoms with E-state index in [9.17, 15) is 22.8 Å². The molecule has 2 N–H and O–H groups in total. The molecular weight excluding hydrogens is 446 g/mol. The van der Waals surface area contributed by atoms with Crippen molar-refractivity contribution < 1.29 is 27.5 Å². The Balaban J connectivity index is 1.96. The Morgan fingerprint density at radius 1 is 1.00 bits per heavy atom. The van der Waals surface area contributed by atoms with Gasteiger partial charge in [0.15, 0.2) is 0 Å². The predicted molar refractivity (Wildman–Crippen MR) is 122 cm³/mol. The Kier molecular flexibility index (Phi) is 9.10. The number of aromatic nitrogens is 1. The Morgan fingerprint density at radius 2 is 1.67 bits per heavy atom. The van der Waals surface area contributed by atoms with Crippen molar-refractivity contribution in [1.82, 2.24) is 15.0 Å². The first-order chi connectivity index (χ1) is 15.5. The second-order valence-electron chi connectivity index (χ2n) is 8.16. The molecule has 178 valence electrons. The van der Waals surface area contributed by atoms with E-state index in [1.165, 1.54) is 24.3 Å². The fourth-order valence-electron chi connectivity index (χ4n) is 2.79. The van der Waals surface area contributed by atoms with Crippen LogP contribution in [-0.4, -0.2) is 43.8 Å². The fourth-order valence-corrected chi connectivity index (χ4v) is 3.76. The van der Waals surface area contributed by atoms with Gasteiger partial charge >= 0.3 is 5.97 Å². The summed E-state index contributed by atoms with van der Waals surface area (Å²) in [5.74, 6) is -1.25. The number of hydrogen-bond acceptors (Lipinski definition) is 7. The average Bonchev–Trinajstić information content (AvgIpc) is 2.73. The molecule has 0 spiro atoms. The van der Waals surface area contributed by atoms with Gasteiger partial charge in [-0.05, 0) is 56.0 Å². The van der Waals surface area contributed by atoms with Crippen molar-refractivity contribution in [2.24, 2.45) is 5.92 Å². The highest BCUT2D eigenvalue weighted by Gasteiger charge is 2.20. The van der Waals surface area contributed by atoms with E-state index in [4.69, 9.17) is 4.74 Å². The molecule has 2 rings (SSSR count). The van der Waals surface area contributed by atoms with Crippen LogP contribution in [0.1, 0.15) is 60.5 Å². The molecule has 0 bridgehead atoms. The largest absolute Gasteiger partial charge is 0.458 e. The molecule has 0 atom stereocenters. The molecule has 0 radical (unpaired) electrons. The van der Waals surface area contributed by atoms with Gasteiger partial charge in [0.25, 0.3) is 15.9 Å². The van der Waals surface area contributed by atoms with E-state index in [-0.39, 0.29) is 34.1 Å². The number of sulfonamides is 1.